The Kier molecular flexibility index (Phi) is 7.68. The molecular weight excluding hydrogens is 408 g/mol. The molecule has 0 saturated heterocycles. The van der Waals surface area contributed by atoms with Crippen LogP contribution in [-0.2, 0) is 14.3 Å². The van der Waals surface area contributed by atoms with Crippen LogP contribution in [0.1, 0.15) is 112 Å². The molecule has 0 aromatic rings. The minimum Gasteiger partial charge on any atom is -0.439 e. The smallest absolute Gasteiger partial charge is 0.304 e. The third-order valence-electron chi connectivity index (χ3n) is 10.8. The standard InChI is InChI=1S/C30H50O3/c1-20(2)8-7-9-21(3)26-12-13-27-25-11-10-23-18-24(33-19-32-22(4)31)14-16-29(23,5)28(25)15-17-30(26,27)6/h10,20-21,24-28H,7-9,11-19H2,1-6H3/t21-,24?,25+,26-,27+,28+,29+,30-/m1/s1. The Balaban J connectivity index is 1.41. The first-order valence-corrected chi connectivity index (χ1v) is 14.1. The Labute approximate surface area is 203 Å². The van der Waals surface area contributed by atoms with E-state index in [4.69, 9.17) is 9.47 Å². The fourth-order valence-electron chi connectivity index (χ4n) is 9.01. The maximum atomic E-state index is 11.1. The predicted molar refractivity (Wildman–Crippen MR) is 135 cm³/mol. The van der Waals surface area contributed by atoms with Crippen molar-refractivity contribution in [3.63, 3.8) is 0 Å². The molecule has 188 valence electrons. The van der Waals surface area contributed by atoms with Crippen molar-refractivity contribution in [3.8, 4) is 0 Å². The second-order valence-corrected chi connectivity index (χ2v) is 13.1. The molecule has 3 nitrogen and oxygen atoms in total. The van der Waals surface area contributed by atoms with Gasteiger partial charge in [-0.3, -0.25) is 4.79 Å². The van der Waals surface area contributed by atoms with E-state index in [0.717, 1.165) is 48.3 Å². The van der Waals surface area contributed by atoms with E-state index < -0.39 is 0 Å². The number of carbonyl (C=O) groups excluding carboxylic acids is 1. The highest BCUT2D eigenvalue weighted by atomic mass is 16.7. The van der Waals surface area contributed by atoms with E-state index in [0.29, 0.717) is 10.8 Å². The lowest BCUT2D eigenvalue weighted by molar-refractivity contribution is -0.160. The van der Waals surface area contributed by atoms with Gasteiger partial charge in [-0.2, -0.15) is 0 Å². The number of ether oxygens (including phenoxy) is 2. The summed E-state index contributed by atoms with van der Waals surface area (Å²) in [6, 6.07) is 0. The fourth-order valence-corrected chi connectivity index (χ4v) is 9.01. The molecule has 0 bridgehead atoms. The van der Waals surface area contributed by atoms with Crippen molar-refractivity contribution in [3.05, 3.63) is 11.6 Å². The lowest BCUT2D eigenvalue weighted by Gasteiger charge is -2.58. The third kappa shape index (κ3) is 4.95. The first-order valence-electron chi connectivity index (χ1n) is 14.1. The molecule has 0 N–H and O–H groups in total. The molecule has 1 unspecified atom stereocenters. The van der Waals surface area contributed by atoms with Crippen molar-refractivity contribution in [2.24, 2.45) is 46.3 Å². The highest BCUT2D eigenvalue weighted by molar-refractivity contribution is 5.65. The van der Waals surface area contributed by atoms with Crippen molar-refractivity contribution < 1.29 is 14.3 Å². The van der Waals surface area contributed by atoms with Crippen molar-refractivity contribution >= 4 is 5.97 Å². The molecule has 0 radical (unpaired) electrons. The molecule has 0 aromatic carbocycles. The second-order valence-electron chi connectivity index (χ2n) is 13.1. The molecule has 3 saturated carbocycles. The summed E-state index contributed by atoms with van der Waals surface area (Å²) in [5.74, 6) is 5.03. The summed E-state index contributed by atoms with van der Waals surface area (Å²) < 4.78 is 10.9. The van der Waals surface area contributed by atoms with Gasteiger partial charge in [-0.25, -0.2) is 0 Å². The van der Waals surface area contributed by atoms with E-state index in [1.54, 1.807) is 5.57 Å². The normalized spacial score (nSPS) is 41.1. The molecular formula is C30H50O3. The van der Waals surface area contributed by atoms with Crippen LogP contribution in [0.25, 0.3) is 0 Å². The Morgan fingerprint density at radius 3 is 2.58 bits per heavy atom. The first kappa shape index (κ1) is 25.3. The van der Waals surface area contributed by atoms with Crippen LogP contribution in [0.15, 0.2) is 11.6 Å². The van der Waals surface area contributed by atoms with E-state index in [1.165, 1.54) is 64.7 Å². The van der Waals surface area contributed by atoms with E-state index >= 15 is 0 Å². The van der Waals surface area contributed by atoms with Gasteiger partial charge in [0.05, 0.1) is 6.10 Å². The molecule has 4 aliphatic rings. The van der Waals surface area contributed by atoms with Crippen LogP contribution >= 0.6 is 0 Å². The van der Waals surface area contributed by atoms with Crippen LogP contribution in [0.5, 0.6) is 0 Å². The number of hydrogen-bond acceptors (Lipinski definition) is 3. The molecule has 3 fully saturated rings. The number of carbonyl (C=O) groups is 1. The second kappa shape index (κ2) is 10.0. The quantitative estimate of drug-likeness (QED) is 0.210. The molecule has 0 heterocycles. The maximum Gasteiger partial charge on any atom is 0.304 e. The van der Waals surface area contributed by atoms with E-state index in [9.17, 15) is 4.79 Å². The van der Waals surface area contributed by atoms with Gasteiger partial charge in [-0.1, -0.05) is 65.5 Å². The zero-order valence-electron chi connectivity index (χ0n) is 22.3. The molecule has 0 aliphatic heterocycles. The van der Waals surface area contributed by atoms with Crippen molar-refractivity contribution in [1.29, 1.82) is 0 Å². The van der Waals surface area contributed by atoms with Crippen LogP contribution in [-0.4, -0.2) is 18.9 Å². The van der Waals surface area contributed by atoms with Crippen molar-refractivity contribution in [1.82, 2.24) is 0 Å². The molecule has 4 rings (SSSR count). The van der Waals surface area contributed by atoms with Gasteiger partial charge in [0.2, 0.25) is 0 Å². The number of hydrogen-bond donors (Lipinski definition) is 0. The number of fused-ring (bicyclic) bond motifs is 5. The van der Waals surface area contributed by atoms with Crippen LogP contribution < -0.4 is 0 Å². The van der Waals surface area contributed by atoms with Gasteiger partial charge in [0.1, 0.15) is 0 Å². The fraction of sp³-hybridized carbons (Fsp3) is 0.900. The van der Waals surface area contributed by atoms with Gasteiger partial charge in [0.25, 0.3) is 0 Å². The summed E-state index contributed by atoms with van der Waals surface area (Å²) in [4.78, 5) is 11.1. The van der Waals surface area contributed by atoms with E-state index in [2.05, 4.69) is 40.7 Å². The van der Waals surface area contributed by atoms with E-state index in [-0.39, 0.29) is 18.9 Å². The van der Waals surface area contributed by atoms with E-state index in [1.807, 2.05) is 0 Å². The van der Waals surface area contributed by atoms with Gasteiger partial charge < -0.3 is 9.47 Å². The largest absolute Gasteiger partial charge is 0.439 e. The lowest BCUT2D eigenvalue weighted by atomic mass is 9.47. The van der Waals surface area contributed by atoms with Gasteiger partial charge >= 0.3 is 5.97 Å². The topological polar surface area (TPSA) is 35.5 Å². The summed E-state index contributed by atoms with van der Waals surface area (Å²) in [6.07, 6.45) is 17.5. The Bertz CT molecular complexity index is 726. The average Bonchev–Trinajstić information content (AvgIpc) is 3.10. The molecule has 4 aliphatic carbocycles. The average molecular weight is 459 g/mol. The summed E-state index contributed by atoms with van der Waals surface area (Å²) in [5.41, 5.74) is 2.56. The van der Waals surface area contributed by atoms with Crippen molar-refractivity contribution in [2.45, 2.75) is 118 Å². The highest BCUT2D eigenvalue weighted by Crippen LogP contribution is 2.67. The number of allylic oxidation sites excluding steroid dienone is 1. The summed E-state index contributed by atoms with van der Waals surface area (Å²) in [7, 11) is 0. The summed E-state index contributed by atoms with van der Waals surface area (Å²) >= 11 is 0. The minimum atomic E-state index is -0.260. The van der Waals surface area contributed by atoms with Gasteiger partial charge in [-0.05, 0) is 97.7 Å². The minimum absolute atomic E-state index is 0.104. The van der Waals surface area contributed by atoms with Gasteiger partial charge in [0.15, 0.2) is 6.79 Å². The van der Waals surface area contributed by atoms with Crippen LogP contribution in [0.4, 0.5) is 0 Å². The summed E-state index contributed by atoms with van der Waals surface area (Å²) in [6.45, 7) is 14.1. The molecule has 0 spiro atoms. The van der Waals surface area contributed by atoms with Crippen LogP contribution in [0, 0.1) is 46.3 Å². The van der Waals surface area contributed by atoms with Gasteiger partial charge in [-0.15, -0.1) is 0 Å². The third-order valence-corrected chi connectivity index (χ3v) is 10.8. The highest BCUT2D eigenvalue weighted by Gasteiger charge is 2.59. The molecule has 33 heavy (non-hydrogen) atoms. The lowest BCUT2D eigenvalue weighted by Crippen LogP contribution is -2.51. The first-order chi connectivity index (χ1) is 15.6. The maximum absolute atomic E-state index is 11.1. The SMILES string of the molecule is CC(=O)OCOC1CC[C@@]2(C)C(=CC[C@H]3[C@@H]4CC[C@H]([C@H](C)CCCC(C)C)[C@@]4(C)CC[C@@H]32)C1. The van der Waals surface area contributed by atoms with Crippen molar-refractivity contribution in [2.75, 3.05) is 6.79 Å². The monoisotopic (exact) mass is 458 g/mol. The molecule has 3 heteroatoms. The number of esters is 1. The van der Waals surface area contributed by atoms with Crippen LogP contribution in [0.3, 0.4) is 0 Å². The summed E-state index contributed by atoms with van der Waals surface area (Å²) in [5, 5.41) is 0. The number of rotatable bonds is 8. The Morgan fingerprint density at radius 1 is 1.06 bits per heavy atom. The zero-order valence-corrected chi connectivity index (χ0v) is 22.3. The Hall–Kier alpha value is -0.830. The molecule has 8 atom stereocenters. The predicted octanol–water partition coefficient (Wildman–Crippen LogP) is 7.93. The molecule has 0 aromatic heterocycles. The zero-order chi connectivity index (χ0) is 23.8. The Morgan fingerprint density at radius 2 is 1.85 bits per heavy atom. The molecule has 0 amide bonds. The van der Waals surface area contributed by atoms with Crippen LogP contribution in [0.2, 0.25) is 0 Å². The van der Waals surface area contributed by atoms with Gasteiger partial charge in [0, 0.05) is 6.92 Å².